The third-order valence-corrected chi connectivity index (χ3v) is 6.63. The van der Waals surface area contributed by atoms with E-state index < -0.39 is 0 Å². The minimum Gasteiger partial charge on any atom is -0.354 e. The molecular weight excluding hydrogens is 372 g/mol. The van der Waals surface area contributed by atoms with Gasteiger partial charge in [0.15, 0.2) is 0 Å². The molecule has 0 unspecified atom stereocenters. The summed E-state index contributed by atoms with van der Waals surface area (Å²) in [5.41, 5.74) is 6.00. The third kappa shape index (κ3) is 2.34. The van der Waals surface area contributed by atoms with E-state index in [0.29, 0.717) is 16.8 Å². The number of nitrogens with zero attached hydrogens (tertiary/aromatic N) is 1. The normalized spacial score (nSPS) is 16.6. The summed E-state index contributed by atoms with van der Waals surface area (Å²) in [7, 11) is 0. The number of imide groups is 1. The van der Waals surface area contributed by atoms with Crippen LogP contribution < -0.4 is 4.90 Å². The van der Waals surface area contributed by atoms with Crippen molar-refractivity contribution in [3.8, 4) is 0 Å². The van der Waals surface area contributed by atoms with Crippen molar-refractivity contribution in [2.75, 3.05) is 4.90 Å². The van der Waals surface area contributed by atoms with Crippen molar-refractivity contribution in [3.05, 3.63) is 76.9 Å². The predicted molar refractivity (Wildman–Crippen MR) is 119 cm³/mol. The first kappa shape index (κ1) is 17.5. The molecule has 1 aliphatic heterocycles. The van der Waals surface area contributed by atoms with Crippen molar-refractivity contribution in [2.45, 2.75) is 38.5 Å². The van der Waals surface area contributed by atoms with Crippen LogP contribution in [0.5, 0.6) is 0 Å². The molecule has 1 aliphatic carbocycles. The molecule has 4 aromatic rings. The van der Waals surface area contributed by atoms with E-state index in [1.807, 2.05) is 48.5 Å². The second kappa shape index (κ2) is 6.56. The highest BCUT2D eigenvalue weighted by Crippen LogP contribution is 2.42. The minimum absolute atomic E-state index is 0.182. The molecule has 2 aliphatic rings. The predicted octanol–water partition coefficient (Wildman–Crippen LogP) is 5.78. The smallest absolute Gasteiger partial charge is 0.268 e. The number of hydrogen-bond donors (Lipinski definition) is 1. The fraction of sp³-hybridized carbons (Fsp3) is 0.231. The van der Waals surface area contributed by atoms with Gasteiger partial charge < -0.3 is 4.98 Å². The van der Waals surface area contributed by atoms with E-state index in [-0.39, 0.29) is 11.8 Å². The van der Waals surface area contributed by atoms with Crippen LogP contribution in [0.2, 0.25) is 0 Å². The van der Waals surface area contributed by atoms with Gasteiger partial charge in [-0.3, -0.25) is 9.59 Å². The molecule has 0 saturated heterocycles. The number of amides is 2. The second-order valence-corrected chi connectivity index (χ2v) is 8.32. The van der Waals surface area contributed by atoms with Crippen LogP contribution >= 0.6 is 0 Å². The maximum atomic E-state index is 13.6. The Labute approximate surface area is 174 Å². The monoisotopic (exact) mass is 394 g/mol. The number of para-hydroxylation sites is 2. The number of H-pyrrole nitrogens is 1. The van der Waals surface area contributed by atoms with Gasteiger partial charge in [-0.1, -0.05) is 49.2 Å². The topological polar surface area (TPSA) is 53.2 Å². The molecular formula is C26H22N2O2. The van der Waals surface area contributed by atoms with Gasteiger partial charge in [0.25, 0.3) is 11.8 Å². The van der Waals surface area contributed by atoms with Gasteiger partial charge in [0, 0.05) is 16.3 Å². The molecule has 30 heavy (non-hydrogen) atoms. The zero-order chi connectivity index (χ0) is 20.2. The van der Waals surface area contributed by atoms with Crippen molar-refractivity contribution in [1.82, 2.24) is 4.98 Å². The molecule has 4 nitrogen and oxygen atoms in total. The summed E-state index contributed by atoms with van der Waals surface area (Å²) < 4.78 is 0. The van der Waals surface area contributed by atoms with Crippen molar-refractivity contribution in [2.24, 2.45) is 0 Å². The maximum absolute atomic E-state index is 13.6. The lowest BCUT2D eigenvalue weighted by Crippen LogP contribution is -2.29. The number of carbonyl (C=O) groups is 2. The van der Waals surface area contributed by atoms with Crippen molar-refractivity contribution < 1.29 is 9.59 Å². The fourth-order valence-electron chi connectivity index (χ4n) is 5.31. The number of fused-ring (bicyclic) bond motifs is 8. The summed E-state index contributed by atoms with van der Waals surface area (Å²) in [6, 6.07) is 17.5. The van der Waals surface area contributed by atoms with Gasteiger partial charge in [-0.15, -0.1) is 0 Å². The Morgan fingerprint density at radius 2 is 1.37 bits per heavy atom. The van der Waals surface area contributed by atoms with E-state index in [0.717, 1.165) is 53.1 Å². The molecule has 1 aromatic heterocycles. The summed E-state index contributed by atoms with van der Waals surface area (Å²) in [5.74, 6) is -0.402. The summed E-state index contributed by atoms with van der Waals surface area (Å²) in [4.78, 5) is 32.1. The molecule has 0 saturated carbocycles. The van der Waals surface area contributed by atoms with Crippen LogP contribution in [0, 0.1) is 0 Å². The quantitative estimate of drug-likeness (QED) is 0.416. The number of carbonyl (C=O) groups excluding carboxylic acids is 2. The first-order chi connectivity index (χ1) is 14.8. The number of hydrogen-bond acceptors (Lipinski definition) is 2. The number of aryl methyl sites for hydroxylation is 1. The van der Waals surface area contributed by atoms with E-state index >= 15 is 0 Å². The average molecular weight is 394 g/mol. The number of nitrogens with one attached hydrogen (secondary N) is 1. The highest BCUT2D eigenvalue weighted by atomic mass is 16.2. The van der Waals surface area contributed by atoms with Crippen LogP contribution in [0.4, 0.5) is 5.69 Å². The molecule has 0 bridgehead atoms. The number of aromatic amines is 1. The Bertz CT molecular complexity index is 1330. The van der Waals surface area contributed by atoms with E-state index in [2.05, 4.69) is 11.1 Å². The molecule has 0 radical (unpaired) electrons. The van der Waals surface area contributed by atoms with Crippen molar-refractivity contribution >= 4 is 39.3 Å². The Hall–Kier alpha value is -3.40. The molecule has 3 aromatic carbocycles. The van der Waals surface area contributed by atoms with Gasteiger partial charge in [-0.05, 0) is 55.0 Å². The molecule has 0 fully saturated rings. The summed E-state index contributed by atoms with van der Waals surface area (Å²) >= 11 is 0. The molecule has 1 N–H and O–H groups in total. The van der Waals surface area contributed by atoms with Gasteiger partial charge >= 0.3 is 0 Å². The zero-order valence-electron chi connectivity index (χ0n) is 16.7. The van der Waals surface area contributed by atoms with Crippen LogP contribution in [-0.2, 0) is 12.8 Å². The lowest BCUT2D eigenvalue weighted by molar-refractivity contribution is 0.0926. The SMILES string of the molecule is O=C1c2c3c(c4c([nH]c5ccccc54)c2C(=O)N1c1ccccc1)CCCCCC3. The lowest BCUT2D eigenvalue weighted by Gasteiger charge is -2.18. The lowest BCUT2D eigenvalue weighted by atomic mass is 9.85. The highest BCUT2D eigenvalue weighted by molar-refractivity contribution is 6.39. The highest BCUT2D eigenvalue weighted by Gasteiger charge is 2.42. The Kier molecular flexibility index (Phi) is 3.82. The van der Waals surface area contributed by atoms with Crippen LogP contribution in [0.1, 0.15) is 57.5 Å². The van der Waals surface area contributed by atoms with Crippen LogP contribution in [0.25, 0.3) is 21.8 Å². The molecule has 148 valence electrons. The van der Waals surface area contributed by atoms with E-state index in [1.54, 1.807) is 0 Å². The molecule has 2 heterocycles. The van der Waals surface area contributed by atoms with Crippen molar-refractivity contribution in [1.29, 1.82) is 0 Å². The number of rotatable bonds is 1. The molecule has 2 amide bonds. The number of anilines is 1. The molecule has 0 spiro atoms. The Morgan fingerprint density at radius 1 is 0.700 bits per heavy atom. The summed E-state index contributed by atoms with van der Waals surface area (Å²) in [6.45, 7) is 0. The molecule has 0 atom stereocenters. The van der Waals surface area contributed by atoms with Crippen LogP contribution in [-0.4, -0.2) is 16.8 Å². The minimum atomic E-state index is -0.220. The van der Waals surface area contributed by atoms with Crippen LogP contribution in [0.3, 0.4) is 0 Å². The number of benzene rings is 3. The Balaban J connectivity index is 1.72. The van der Waals surface area contributed by atoms with E-state index in [1.165, 1.54) is 23.3 Å². The zero-order valence-corrected chi connectivity index (χ0v) is 16.7. The van der Waals surface area contributed by atoms with Gasteiger partial charge in [-0.2, -0.15) is 0 Å². The summed E-state index contributed by atoms with van der Waals surface area (Å²) in [5, 5.41) is 2.28. The summed E-state index contributed by atoms with van der Waals surface area (Å²) in [6.07, 6.45) is 6.36. The van der Waals surface area contributed by atoms with Crippen LogP contribution in [0.15, 0.2) is 54.6 Å². The molecule has 4 heteroatoms. The largest absolute Gasteiger partial charge is 0.354 e. The Morgan fingerprint density at radius 3 is 2.17 bits per heavy atom. The fourth-order valence-corrected chi connectivity index (χ4v) is 5.31. The first-order valence-electron chi connectivity index (χ1n) is 10.8. The van der Waals surface area contributed by atoms with Gasteiger partial charge in [0.2, 0.25) is 0 Å². The second-order valence-electron chi connectivity index (χ2n) is 8.32. The van der Waals surface area contributed by atoms with Gasteiger partial charge in [0.1, 0.15) is 0 Å². The molecule has 6 rings (SSSR count). The van der Waals surface area contributed by atoms with Gasteiger partial charge in [-0.25, -0.2) is 4.90 Å². The standard InChI is InChI=1S/C26H22N2O2/c29-25-22-18-13-7-2-1-6-12-17(18)21-19-14-8-9-15-20(19)27-24(21)23(22)26(30)28(25)16-10-4-3-5-11-16/h3-5,8-11,14-15,27H,1-2,6-7,12-13H2. The van der Waals surface area contributed by atoms with Crippen molar-refractivity contribution in [3.63, 3.8) is 0 Å². The third-order valence-electron chi connectivity index (χ3n) is 6.63. The van der Waals surface area contributed by atoms with E-state index in [4.69, 9.17) is 0 Å². The van der Waals surface area contributed by atoms with Gasteiger partial charge in [0.05, 0.1) is 22.3 Å². The average Bonchev–Trinajstić information content (AvgIpc) is 3.24. The first-order valence-corrected chi connectivity index (χ1v) is 10.8. The number of aromatic nitrogens is 1. The van der Waals surface area contributed by atoms with E-state index in [9.17, 15) is 9.59 Å². The maximum Gasteiger partial charge on any atom is 0.268 e.